The molecule has 4 heterocycles. The lowest BCUT2D eigenvalue weighted by atomic mass is 10.00. The first kappa shape index (κ1) is 26.7. The van der Waals surface area contributed by atoms with E-state index in [0.717, 1.165) is 47.7 Å². The summed E-state index contributed by atoms with van der Waals surface area (Å²) in [6.07, 6.45) is -1.00. The Morgan fingerprint density at radius 2 is 1.90 bits per heavy atom. The van der Waals surface area contributed by atoms with Gasteiger partial charge in [-0.25, -0.2) is 4.98 Å². The Balaban J connectivity index is 1.44. The molecule has 0 aliphatic carbocycles. The number of aromatic nitrogens is 2. The van der Waals surface area contributed by atoms with Crippen LogP contribution in [0.5, 0.6) is 0 Å². The van der Waals surface area contributed by atoms with E-state index in [1.807, 2.05) is 19.1 Å². The number of pyridine rings is 2. The molecule has 7 nitrogen and oxygen atoms in total. The van der Waals surface area contributed by atoms with Crippen LogP contribution in [0.2, 0.25) is 0 Å². The fraction of sp³-hybridized carbons (Fsp3) is 0.345. The van der Waals surface area contributed by atoms with Crippen molar-refractivity contribution in [3.63, 3.8) is 0 Å². The van der Waals surface area contributed by atoms with Gasteiger partial charge in [-0.1, -0.05) is 12.0 Å². The van der Waals surface area contributed by atoms with Crippen LogP contribution in [-0.4, -0.2) is 55.4 Å². The van der Waals surface area contributed by atoms with Crippen LogP contribution in [0.4, 0.5) is 24.5 Å². The van der Waals surface area contributed by atoms with E-state index in [1.54, 1.807) is 18.3 Å². The van der Waals surface area contributed by atoms with Gasteiger partial charge in [0.1, 0.15) is 11.4 Å². The van der Waals surface area contributed by atoms with Crippen LogP contribution in [0.3, 0.4) is 0 Å². The topological polar surface area (TPSA) is 76.6 Å². The van der Waals surface area contributed by atoms with Crippen LogP contribution in [0, 0.1) is 24.7 Å². The molecule has 2 saturated heterocycles. The second kappa shape index (κ2) is 11.4. The fourth-order valence-corrected chi connectivity index (χ4v) is 4.50. The molecule has 0 bridgehead atoms. The predicted octanol–water partition coefficient (Wildman–Crippen LogP) is 4.95. The van der Waals surface area contributed by atoms with Crippen molar-refractivity contribution in [2.45, 2.75) is 19.5 Å². The maximum Gasteiger partial charge on any atom is 0.433 e. The number of carbonyl (C=O) groups is 1. The molecule has 2 aliphatic rings. The number of carbonyl (C=O) groups excluding carboxylic acids is 1. The van der Waals surface area contributed by atoms with Crippen LogP contribution in [0.1, 0.15) is 33.7 Å². The van der Waals surface area contributed by atoms with Gasteiger partial charge in [-0.05, 0) is 60.7 Å². The average molecular weight is 537 g/mol. The van der Waals surface area contributed by atoms with E-state index >= 15 is 0 Å². The van der Waals surface area contributed by atoms with E-state index in [1.165, 1.54) is 6.07 Å². The third-order valence-corrected chi connectivity index (χ3v) is 6.66. The van der Waals surface area contributed by atoms with Gasteiger partial charge in [0, 0.05) is 54.8 Å². The number of anilines is 2. The molecule has 3 aromatic rings. The fourth-order valence-electron chi connectivity index (χ4n) is 4.50. The summed E-state index contributed by atoms with van der Waals surface area (Å²) in [6, 6.07) is 9.37. The highest BCUT2D eigenvalue weighted by Gasteiger charge is 2.33. The number of rotatable bonds is 4. The van der Waals surface area contributed by atoms with Crippen molar-refractivity contribution in [1.29, 1.82) is 0 Å². The Bertz CT molecular complexity index is 1420. The Labute approximate surface area is 224 Å². The Hall–Kier alpha value is -3.94. The van der Waals surface area contributed by atoms with Gasteiger partial charge < -0.3 is 19.7 Å². The van der Waals surface area contributed by atoms with Crippen molar-refractivity contribution in [3.8, 4) is 23.0 Å². The first-order valence-electron chi connectivity index (χ1n) is 12.7. The molecule has 5 rings (SSSR count). The quantitative estimate of drug-likeness (QED) is 0.476. The summed E-state index contributed by atoms with van der Waals surface area (Å²) in [6.45, 7) is 5.95. The van der Waals surface area contributed by atoms with E-state index in [4.69, 9.17) is 14.5 Å². The van der Waals surface area contributed by atoms with Gasteiger partial charge in [-0.3, -0.25) is 9.78 Å². The highest BCUT2D eigenvalue weighted by molar-refractivity contribution is 6.04. The minimum absolute atomic E-state index is 0.133. The standard InChI is InChI=1S/C29H27F3N4O3/c1-19-2-4-23(35-28(37)21-6-8-33-27(15-21)29(30,31)32)16-24(19)22-14-26(36-9-12-38-13-10-36)25(34-17-22)5-3-20-7-11-39-18-20/h2,4,6,8,14-17,20H,7,9-13,18H2,1H3,(H,35,37). The lowest BCUT2D eigenvalue weighted by molar-refractivity contribution is -0.141. The Morgan fingerprint density at radius 3 is 2.64 bits per heavy atom. The normalized spacial score (nSPS) is 17.4. The number of nitrogens with one attached hydrogen (secondary N) is 1. The molecule has 39 heavy (non-hydrogen) atoms. The first-order chi connectivity index (χ1) is 18.8. The van der Waals surface area contributed by atoms with Crippen molar-refractivity contribution < 1.29 is 27.4 Å². The van der Waals surface area contributed by atoms with E-state index in [0.29, 0.717) is 44.3 Å². The molecule has 2 aliphatic heterocycles. The summed E-state index contributed by atoms with van der Waals surface area (Å²) < 4.78 is 50.1. The molecule has 2 fully saturated rings. The summed E-state index contributed by atoms with van der Waals surface area (Å²) in [5.41, 5.74) is 3.42. The number of hydrogen-bond acceptors (Lipinski definition) is 6. The molecule has 1 aromatic carbocycles. The third-order valence-electron chi connectivity index (χ3n) is 6.66. The zero-order valence-electron chi connectivity index (χ0n) is 21.3. The predicted molar refractivity (Wildman–Crippen MR) is 140 cm³/mol. The molecule has 202 valence electrons. The van der Waals surface area contributed by atoms with E-state index in [9.17, 15) is 18.0 Å². The van der Waals surface area contributed by atoms with Crippen LogP contribution in [0.15, 0.2) is 48.8 Å². The number of amides is 1. The summed E-state index contributed by atoms with van der Waals surface area (Å²) in [7, 11) is 0. The minimum atomic E-state index is -4.64. The van der Waals surface area contributed by atoms with Gasteiger partial charge in [-0.15, -0.1) is 0 Å². The maximum absolute atomic E-state index is 13.0. The summed E-state index contributed by atoms with van der Waals surface area (Å²) >= 11 is 0. The number of nitrogens with zero attached hydrogens (tertiary/aromatic N) is 3. The zero-order valence-corrected chi connectivity index (χ0v) is 21.3. The smallest absolute Gasteiger partial charge is 0.380 e. The van der Waals surface area contributed by atoms with E-state index in [-0.39, 0.29) is 11.5 Å². The Kier molecular flexibility index (Phi) is 7.82. The lowest BCUT2D eigenvalue weighted by Gasteiger charge is -2.29. The van der Waals surface area contributed by atoms with Crippen molar-refractivity contribution in [3.05, 3.63) is 71.3 Å². The molecule has 2 aromatic heterocycles. The molecule has 1 atom stereocenters. The lowest BCUT2D eigenvalue weighted by Crippen LogP contribution is -2.36. The summed E-state index contributed by atoms with van der Waals surface area (Å²) in [4.78, 5) is 23.0. The van der Waals surface area contributed by atoms with Crippen molar-refractivity contribution >= 4 is 17.3 Å². The number of aryl methyl sites for hydroxylation is 1. The van der Waals surface area contributed by atoms with Gasteiger partial charge in [0.2, 0.25) is 0 Å². The number of morpholine rings is 1. The van der Waals surface area contributed by atoms with Crippen LogP contribution in [-0.2, 0) is 15.7 Å². The number of hydrogen-bond donors (Lipinski definition) is 1. The number of alkyl halides is 3. The minimum Gasteiger partial charge on any atom is -0.380 e. The van der Waals surface area contributed by atoms with Crippen molar-refractivity contribution in [1.82, 2.24) is 9.97 Å². The number of halogens is 3. The van der Waals surface area contributed by atoms with Gasteiger partial charge in [-0.2, -0.15) is 13.2 Å². The largest absolute Gasteiger partial charge is 0.433 e. The van der Waals surface area contributed by atoms with Gasteiger partial charge in [0.15, 0.2) is 0 Å². The first-order valence-corrected chi connectivity index (χ1v) is 12.7. The molecule has 10 heteroatoms. The number of benzene rings is 1. The molecular formula is C29H27F3N4O3. The van der Waals surface area contributed by atoms with Gasteiger partial charge in [0.25, 0.3) is 5.91 Å². The maximum atomic E-state index is 13.0. The zero-order chi connectivity index (χ0) is 27.4. The second-order valence-corrected chi connectivity index (χ2v) is 9.43. The van der Waals surface area contributed by atoms with Crippen LogP contribution in [0.25, 0.3) is 11.1 Å². The van der Waals surface area contributed by atoms with Crippen LogP contribution >= 0.6 is 0 Å². The van der Waals surface area contributed by atoms with Crippen molar-refractivity contribution in [2.75, 3.05) is 49.7 Å². The summed E-state index contributed by atoms with van der Waals surface area (Å²) in [5, 5.41) is 2.70. The molecule has 1 unspecified atom stereocenters. The second-order valence-electron chi connectivity index (χ2n) is 9.43. The molecule has 1 amide bonds. The summed E-state index contributed by atoms with van der Waals surface area (Å²) in [5.74, 6) is 6.07. The third kappa shape index (κ3) is 6.38. The monoisotopic (exact) mass is 536 g/mol. The van der Waals surface area contributed by atoms with E-state index in [2.05, 4.69) is 27.0 Å². The Morgan fingerprint density at radius 1 is 1.08 bits per heavy atom. The van der Waals surface area contributed by atoms with Crippen molar-refractivity contribution in [2.24, 2.45) is 5.92 Å². The van der Waals surface area contributed by atoms with E-state index < -0.39 is 17.8 Å². The van der Waals surface area contributed by atoms with Crippen LogP contribution < -0.4 is 10.2 Å². The van der Waals surface area contributed by atoms with Gasteiger partial charge in [0.05, 0.1) is 25.5 Å². The number of ether oxygens (including phenoxy) is 2. The van der Waals surface area contributed by atoms with Gasteiger partial charge >= 0.3 is 6.18 Å². The molecule has 0 radical (unpaired) electrons. The highest BCUT2D eigenvalue weighted by Crippen LogP contribution is 2.32. The molecule has 0 spiro atoms. The average Bonchev–Trinajstić information content (AvgIpc) is 3.47. The molecular weight excluding hydrogens is 509 g/mol. The molecule has 0 saturated carbocycles. The highest BCUT2D eigenvalue weighted by atomic mass is 19.4. The SMILES string of the molecule is Cc1ccc(NC(=O)c2ccnc(C(F)(F)F)c2)cc1-c1cnc(C#CC2CCOC2)c(N2CCOCC2)c1. The molecule has 1 N–H and O–H groups in total.